The van der Waals surface area contributed by atoms with Crippen molar-refractivity contribution in [2.24, 2.45) is 0 Å². The Morgan fingerprint density at radius 2 is 1.83 bits per heavy atom. The molecule has 0 bridgehead atoms. The molecule has 0 heterocycles. The summed E-state index contributed by atoms with van der Waals surface area (Å²) >= 11 is 0. The standard InChI is InChI=1S/C22H21NO5S/c1-27-20-12-9-16(13-21(20)29(25,26)23-18-10-11-18)22(24)28-14-17-7-4-6-15-5-2-3-8-19(15)17/h2-9,12-13,18,23H,10-11,14H2,1H3. The molecule has 0 atom stereocenters. The largest absolute Gasteiger partial charge is 0.495 e. The Morgan fingerprint density at radius 3 is 2.59 bits per heavy atom. The monoisotopic (exact) mass is 411 g/mol. The van der Waals surface area contributed by atoms with Crippen LogP contribution in [-0.2, 0) is 21.4 Å². The molecule has 1 fully saturated rings. The van der Waals surface area contributed by atoms with Gasteiger partial charge in [0.2, 0.25) is 10.0 Å². The van der Waals surface area contributed by atoms with Gasteiger partial charge >= 0.3 is 5.97 Å². The van der Waals surface area contributed by atoms with Gasteiger partial charge in [0.1, 0.15) is 17.3 Å². The molecule has 7 heteroatoms. The lowest BCUT2D eigenvalue weighted by Gasteiger charge is -2.12. The highest BCUT2D eigenvalue weighted by Crippen LogP contribution is 2.29. The van der Waals surface area contributed by atoms with Gasteiger partial charge in [0, 0.05) is 6.04 Å². The number of sulfonamides is 1. The maximum absolute atomic E-state index is 12.6. The van der Waals surface area contributed by atoms with Crippen molar-refractivity contribution < 1.29 is 22.7 Å². The first-order valence-electron chi connectivity index (χ1n) is 9.32. The second-order valence-electron chi connectivity index (χ2n) is 6.98. The number of carbonyl (C=O) groups is 1. The summed E-state index contributed by atoms with van der Waals surface area (Å²) in [4.78, 5) is 12.5. The van der Waals surface area contributed by atoms with E-state index in [1.165, 1.54) is 25.3 Å². The fourth-order valence-corrected chi connectivity index (χ4v) is 4.64. The minimum Gasteiger partial charge on any atom is -0.495 e. The molecule has 1 N–H and O–H groups in total. The topological polar surface area (TPSA) is 81.7 Å². The smallest absolute Gasteiger partial charge is 0.338 e. The summed E-state index contributed by atoms with van der Waals surface area (Å²) in [6, 6.07) is 17.9. The zero-order valence-corrected chi connectivity index (χ0v) is 16.7. The van der Waals surface area contributed by atoms with Crippen molar-refractivity contribution in [3.63, 3.8) is 0 Å². The number of methoxy groups -OCH3 is 1. The third kappa shape index (κ3) is 4.26. The number of nitrogens with one attached hydrogen (secondary N) is 1. The molecule has 0 unspecified atom stereocenters. The van der Waals surface area contributed by atoms with Gasteiger partial charge in [0.25, 0.3) is 0 Å². The van der Waals surface area contributed by atoms with Crippen molar-refractivity contribution in [2.75, 3.05) is 7.11 Å². The van der Waals surface area contributed by atoms with Gasteiger partial charge in [-0.15, -0.1) is 0 Å². The quantitative estimate of drug-likeness (QED) is 0.600. The molecule has 1 aliphatic carbocycles. The fourth-order valence-electron chi connectivity index (χ4n) is 3.14. The molecule has 4 rings (SSSR count). The van der Waals surface area contributed by atoms with Crippen molar-refractivity contribution >= 4 is 26.8 Å². The predicted octanol–water partition coefficient (Wildman–Crippen LogP) is 3.65. The highest BCUT2D eigenvalue weighted by Gasteiger charge is 2.30. The molecular weight excluding hydrogens is 390 g/mol. The first kappa shape index (κ1) is 19.4. The van der Waals surface area contributed by atoms with Crippen LogP contribution >= 0.6 is 0 Å². The van der Waals surface area contributed by atoms with Gasteiger partial charge in [0.15, 0.2) is 0 Å². The highest BCUT2D eigenvalue weighted by atomic mass is 32.2. The van der Waals surface area contributed by atoms with Crippen LogP contribution in [0.4, 0.5) is 0 Å². The highest BCUT2D eigenvalue weighted by molar-refractivity contribution is 7.89. The van der Waals surface area contributed by atoms with E-state index < -0.39 is 16.0 Å². The Morgan fingerprint density at radius 1 is 1.07 bits per heavy atom. The molecule has 150 valence electrons. The lowest BCUT2D eigenvalue weighted by molar-refractivity contribution is 0.0474. The van der Waals surface area contributed by atoms with Crippen LogP contribution in [0.5, 0.6) is 5.75 Å². The van der Waals surface area contributed by atoms with E-state index in [0.29, 0.717) is 0 Å². The minimum absolute atomic E-state index is 0.0494. The molecule has 0 saturated heterocycles. The van der Waals surface area contributed by atoms with Crippen molar-refractivity contribution in [1.82, 2.24) is 4.72 Å². The lowest BCUT2D eigenvalue weighted by atomic mass is 10.1. The number of rotatable bonds is 7. The van der Waals surface area contributed by atoms with Crippen LogP contribution in [0.2, 0.25) is 0 Å². The molecule has 0 aliphatic heterocycles. The molecule has 1 saturated carbocycles. The van der Waals surface area contributed by atoms with Gasteiger partial charge < -0.3 is 9.47 Å². The third-order valence-corrected chi connectivity index (χ3v) is 6.37. The first-order valence-corrected chi connectivity index (χ1v) is 10.8. The van der Waals surface area contributed by atoms with Gasteiger partial charge in [-0.05, 0) is 47.4 Å². The third-order valence-electron chi connectivity index (χ3n) is 4.83. The van der Waals surface area contributed by atoms with Crippen LogP contribution in [-0.4, -0.2) is 27.5 Å². The molecule has 0 spiro atoms. The minimum atomic E-state index is -3.77. The van der Waals surface area contributed by atoms with E-state index in [-0.39, 0.29) is 28.9 Å². The average molecular weight is 411 g/mol. The van der Waals surface area contributed by atoms with Gasteiger partial charge in [-0.25, -0.2) is 17.9 Å². The number of hydrogen-bond donors (Lipinski definition) is 1. The van der Waals surface area contributed by atoms with Crippen molar-refractivity contribution in [2.45, 2.75) is 30.4 Å². The summed E-state index contributed by atoms with van der Waals surface area (Å²) in [5.74, 6) is -0.410. The van der Waals surface area contributed by atoms with Gasteiger partial charge in [0.05, 0.1) is 12.7 Å². The van der Waals surface area contributed by atoms with Gasteiger partial charge in [-0.3, -0.25) is 0 Å². The molecule has 3 aromatic carbocycles. The van der Waals surface area contributed by atoms with E-state index in [9.17, 15) is 13.2 Å². The van der Waals surface area contributed by atoms with E-state index in [4.69, 9.17) is 9.47 Å². The summed E-state index contributed by atoms with van der Waals surface area (Å²) in [6.45, 7) is 0.0919. The molecular formula is C22H21NO5S. The van der Waals surface area contributed by atoms with E-state index in [1.807, 2.05) is 42.5 Å². The molecule has 29 heavy (non-hydrogen) atoms. The van der Waals surface area contributed by atoms with E-state index in [0.717, 1.165) is 29.2 Å². The summed E-state index contributed by atoms with van der Waals surface area (Å²) in [7, 11) is -2.38. The Hall–Kier alpha value is -2.90. The average Bonchev–Trinajstić information content (AvgIpc) is 3.54. The summed E-state index contributed by atoms with van der Waals surface area (Å²) in [5, 5.41) is 2.07. The van der Waals surface area contributed by atoms with Crippen molar-refractivity contribution in [3.05, 3.63) is 71.8 Å². The van der Waals surface area contributed by atoms with E-state index in [2.05, 4.69) is 4.72 Å². The zero-order chi connectivity index (χ0) is 20.4. The van der Waals surface area contributed by atoms with Crippen LogP contribution in [0, 0.1) is 0 Å². The van der Waals surface area contributed by atoms with Crippen LogP contribution < -0.4 is 9.46 Å². The molecule has 1 aliphatic rings. The Kier molecular flexibility index (Phi) is 5.25. The number of fused-ring (bicyclic) bond motifs is 1. The molecule has 0 amide bonds. The van der Waals surface area contributed by atoms with Gasteiger partial charge in [-0.1, -0.05) is 42.5 Å². The first-order chi connectivity index (χ1) is 14.0. The molecule has 0 aromatic heterocycles. The predicted molar refractivity (Wildman–Crippen MR) is 109 cm³/mol. The van der Waals surface area contributed by atoms with Crippen molar-refractivity contribution in [3.8, 4) is 5.75 Å². The molecule has 0 radical (unpaired) electrons. The van der Waals surface area contributed by atoms with Crippen LogP contribution in [0.1, 0.15) is 28.8 Å². The number of hydrogen-bond acceptors (Lipinski definition) is 5. The number of carbonyl (C=O) groups excluding carboxylic acids is 1. The maximum Gasteiger partial charge on any atom is 0.338 e. The molecule has 6 nitrogen and oxygen atoms in total. The fraction of sp³-hybridized carbons (Fsp3) is 0.227. The number of esters is 1. The Bertz CT molecular complexity index is 1160. The lowest BCUT2D eigenvalue weighted by Crippen LogP contribution is -2.26. The molecule has 3 aromatic rings. The normalized spacial score (nSPS) is 14.0. The van der Waals surface area contributed by atoms with E-state index in [1.54, 1.807) is 0 Å². The Labute approximate surface area is 169 Å². The van der Waals surface area contributed by atoms with Crippen LogP contribution in [0.25, 0.3) is 10.8 Å². The van der Waals surface area contributed by atoms with Crippen LogP contribution in [0.3, 0.4) is 0 Å². The van der Waals surface area contributed by atoms with Crippen molar-refractivity contribution in [1.29, 1.82) is 0 Å². The van der Waals surface area contributed by atoms with E-state index >= 15 is 0 Å². The summed E-state index contributed by atoms with van der Waals surface area (Å²) in [5.41, 5.74) is 1.04. The summed E-state index contributed by atoms with van der Waals surface area (Å²) < 4.78 is 38.5. The van der Waals surface area contributed by atoms with Gasteiger partial charge in [-0.2, -0.15) is 0 Å². The number of benzene rings is 3. The number of ether oxygens (including phenoxy) is 2. The zero-order valence-electron chi connectivity index (χ0n) is 15.9. The van der Waals surface area contributed by atoms with Crippen LogP contribution in [0.15, 0.2) is 65.6 Å². The second-order valence-corrected chi connectivity index (χ2v) is 8.66. The second kappa shape index (κ2) is 7.85. The summed E-state index contributed by atoms with van der Waals surface area (Å²) in [6.07, 6.45) is 1.63. The Balaban J connectivity index is 1.56. The maximum atomic E-state index is 12.6. The SMILES string of the molecule is COc1ccc(C(=O)OCc2cccc3ccccc23)cc1S(=O)(=O)NC1CC1.